The van der Waals surface area contributed by atoms with Crippen molar-refractivity contribution in [2.75, 3.05) is 25.0 Å². The number of aromatic nitrogens is 1. The van der Waals surface area contributed by atoms with Crippen molar-refractivity contribution in [2.24, 2.45) is 0 Å². The maximum atomic E-state index is 11.3. The highest BCUT2D eigenvalue weighted by Gasteiger charge is 2.29. The number of hydrogen-bond acceptors (Lipinski definition) is 3. The number of carbonyl (C=O) groups excluding carboxylic acids is 1. The molecule has 0 fully saturated rings. The first-order chi connectivity index (χ1) is 13.2. The van der Waals surface area contributed by atoms with E-state index in [0.717, 1.165) is 59.3 Å². The van der Waals surface area contributed by atoms with E-state index in [0.29, 0.717) is 6.42 Å². The van der Waals surface area contributed by atoms with E-state index in [1.54, 1.807) is 0 Å². The van der Waals surface area contributed by atoms with Gasteiger partial charge >= 0.3 is 0 Å². The second-order valence-electron chi connectivity index (χ2n) is 6.85. The molecule has 0 amide bonds. The predicted octanol–water partition coefficient (Wildman–Crippen LogP) is 5.08. The lowest BCUT2D eigenvalue weighted by atomic mass is 9.95. The summed E-state index contributed by atoms with van der Waals surface area (Å²) in [6.45, 7) is 2.56. The largest absolute Gasteiger partial charge is 0.384 e. The van der Waals surface area contributed by atoms with Gasteiger partial charge in [0.2, 0.25) is 0 Å². The number of hydrogen-bond donors (Lipinski definition) is 2. The minimum absolute atomic E-state index is 0.0681. The molecule has 6 heteroatoms. The topological polar surface area (TPSA) is 48.1 Å². The van der Waals surface area contributed by atoms with Crippen molar-refractivity contribution in [3.8, 4) is 0 Å². The van der Waals surface area contributed by atoms with Gasteiger partial charge in [-0.3, -0.25) is 4.90 Å². The molecule has 2 aromatic carbocycles. The SMILES string of the molecule is O=CCC1c2[nH]c3ccc(Cl)cc3c2CCN1CCNc1cccc(Cl)c1. The van der Waals surface area contributed by atoms with Gasteiger partial charge in [0.25, 0.3) is 0 Å². The van der Waals surface area contributed by atoms with Gasteiger partial charge in [0, 0.05) is 58.4 Å². The predicted molar refractivity (Wildman–Crippen MR) is 112 cm³/mol. The van der Waals surface area contributed by atoms with Crippen molar-refractivity contribution in [3.63, 3.8) is 0 Å². The number of rotatable bonds is 6. The summed E-state index contributed by atoms with van der Waals surface area (Å²) < 4.78 is 0. The first-order valence-corrected chi connectivity index (χ1v) is 9.88. The molecule has 4 rings (SSSR count). The van der Waals surface area contributed by atoms with Gasteiger partial charge < -0.3 is 15.1 Å². The average molecular weight is 402 g/mol. The second kappa shape index (κ2) is 7.93. The highest BCUT2D eigenvalue weighted by atomic mass is 35.5. The first kappa shape index (κ1) is 18.4. The molecule has 27 heavy (non-hydrogen) atoms. The minimum atomic E-state index is 0.0681. The van der Waals surface area contributed by atoms with Crippen molar-refractivity contribution in [2.45, 2.75) is 18.9 Å². The van der Waals surface area contributed by atoms with E-state index >= 15 is 0 Å². The van der Waals surface area contributed by atoms with E-state index in [1.165, 1.54) is 10.9 Å². The molecule has 0 spiro atoms. The Morgan fingerprint density at radius 1 is 1.19 bits per heavy atom. The quantitative estimate of drug-likeness (QED) is 0.566. The van der Waals surface area contributed by atoms with Crippen LogP contribution in [0.2, 0.25) is 10.0 Å². The van der Waals surface area contributed by atoms with E-state index in [4.69, 9.17) is 23.2 Å². The summed E-state index contributed by atoms with van der Waals surface area (Å²) in [5.41, 5.74) is 4.53. The molecule has 1 aromatic heterocycles. The van der Waals surface area contributed by atoms with Crippen LogP contribution in [-0.2, 0) is 11.2 Å². The number of fused-ring (bicyclic) bond motifs is 3. The lowest BCUT2D eigenvalue weighted by Gasteiger charge is -2.35. The van der Waals surface area contributed by atoms with Gasteiger partial charge in [-0.15, -0.1) is 0 Å². The Kier molecular flexibility index (Phi) is 5.39. The van der Waals surface area contributed by atoms with Crippen molar-refractivity contribution >= 4 is 46.1 Å². The molecule has 1 aliphatic rings. The summed E-state index contributed by atoms with van der Waals surface area (Å²) >= 11 is 12.2. The van der Waals surface area contributed by atoms with E-state index in [-0.39, 0.29) is 6.04 Å². The Balaban J connectivity index is 1.52. The number of aromatic amines is 1. The van der Waals surface area contributed by atoms with E-state index in [1.807, 2.05) is 42.5 Å². The van der Waals surface area contributed by atoms with E-state index in [2.05, 4.69) is 15.2 Å². The van der Waals surface area contributed by atoms with Crippen LogP contribution in [0.25, 0.3) is 10.9 Å². The fourth-order valence-electron chi connectivity index (χ4n) is 3.96. The molecule has 1 unspecified atom stereocenters. The van der Waals surface area contributed by atoms with Crippen LogP contribution >= 0.6 is 23.2 Å². The first-order valence-electron chi connectivity index (χ1n) is 9.13. The third-order valence-electron chi connectivity index (χ3n) is 5.20. The number of H-pyrrole nitrogens is 1. The fraction of sp³-hybridized carbons (Fsp3) is 0.286. The third kappa shape index (κ3) is 3.84. The maximum absolute atomic E-state index is 11.3. The molecule has 0 aliphatic carbocycles. The fourth-order valence-corrected chi connectivity index (χ4v) is 4.32. The highest BCUT2D eigenvalue weighted by Crippen LogP contribution is 2.36. The number of halogens is 2. The molecule has 140 valence electrons. The molecule has 1 aliphatic heterocycles. The smallest absolute Gasteiger partial charge is 0.121 e. The zero-order chi connectivity index (χ0) is 18.8. The Labute approximate surface area is 168 Å². The number of aldehydes is 1. The third-order valence-corrected chi connectivity index (χ3v) is 5.67. The molecule has 3 aromatic rings. The molecule has 2 N–H and O–H groups in total. The Hall–Kier alpha value is -2.01. The summed E-state index contributed by atoms with van der Waals surface area (Å²) in [6, 6.07) is 13.7. The standard InChI is InChI=1S/C21H21Cl2N3O/c22-14-2-1-3-16(12-14)24-8-10-26-9-6-17-18-13-15(23)4-5-19(18)25-21(17)20(26)7-11-27/h1-5,11-13,20,24-25H,6-10H2. The van der Waals surface area contributed by atoms with Crippen LogP contribution in [0.3, 0.4) is 0 Å². The van der Waals surface area contributed by atoms with Crippen LogP contribution in [0, 0.1) is 0 Å². The van der Waals surface area contributed by atoms with Crippen LogP contribution < -0.4 is 5.32 Å². The van der Waals surface area contributed by atoms with Crippen molar-refractivity contribution in [1.29, 1.82) is 0 Å². The molecule has 0 saturated carbocycles. The molecule has 2 heterocycles. The zero-order valence-electron chi connectivity index (χ0n) is 14.8. The molecule has 0 saturated heterocycles. The number of carbonyl (C=O) groups is 1. The van der Waals surface area contributed by atoms with Crippen molar-refractivity contribution in [1.82, 2.24) is 9.88 Å². The summed E-state index contributed by atoms with van der Waals surface area (Å²) in [5.74, 6) is 0. The van der Waals surface area contributed by atoms with Gasteiger partial charge in [0.05, 0.1) is 6.04 Å². The van der Waals surface area contributed by atoms with Crippen LogP contribution in [0.1, 0.15) is 23.7 Å². The van der Waals surface area contributed by atoms with Gasteiger partial charge in [0.15, 0.2) is 0 Å². The molecule has 1 atom stereocenters. The summed E-state index contributed by atoms with van der Waals surface area (Å²) in [4.78, 5) is 17.2. The molecule has 4 nitrogen and oxygen atoms in total. The molecular formula is C21H21Cl2N3O. The molecule has 0 bridgehead atoms. The zero-order valence-corrected chi connectivity index (χ0v) is 16.4. The summed E-state index contributed by atoms with van der Waals surface area (Å²) in [7, 11) is 0. The molecule has 0 radical (unpaired) electrons. The second-order valence-corrected chi connectivity index (χ2v) is 7.72. The molecular weight excluding hydrogens is 381 g/mol. The summed E-state index contributed by atoms with van der Waals surface area (Å²) in [5, 5.41) is 6.04. The van der Waals surface area contributed by atoms with E-state index in [9.17, 15) is 4.79 Å². The summed E-state index contributed by atoms with van der Waals surface area (Å²) in [6.07, 6.45) is 2.43. The number of nitrogens with zero attached hydrogens (tertiary/aromatic N) is 1. The normalized spacial score (nSPS) is 17.0. The van der Waals surface area contributed by atoms with Gasteiger partial charge in [0.1, 0.15) is 6.29 Å². The van der Waals surface area contributed by atoms with Crippen LogP contribution in [0.4, 0.5) is 5.69 Å². The van der Waals surface area contributed by atoms with Crippen LogP contribution in [-0.4, -0.2) is 35.8 Å². The number of benzene rings is 2. The monoisotopic (exact) mass is 401 g/mol. The van der Waals surface area contributed by atoms with E-state index < -0.39 is 0 Å². The number of nitrogens with one attached hydrogen (secondary N) is 2. The highest BCUT2D eigenvalue weighted by molar-refractivity contribution is 6.31. The maximum Gasteiger partial charge on any atom is 0.121 e. The van der Waals surface area contributed by atoms with Crippen molar-refractivity contribution in [3.05, 3.63) is 63.8 Å². The van der Waals surface area contributed by atoms with Crippen LogP contribution in [0.5, 0.6) is 0 Å². The van der Waals surface area contributed by atoms with Crippen LogP contribution in [0.15, 0.2) is 42.5 Å². The lowest BCUT2D eigenvalue weighted by Crippen LogP contribution is -2.38. The van der Waals surface area contributed by atoms with Gasteiger partial charge in [-0.2, -0.15) is 0 Å². The van der Waals surface area contributed by atoms with Crippen molar-refractivity contribution < 1.29 is 4.79 Å². The van der Waals surface area contributed by atoms with Gasteiger partial charge in [-0.25, -0.2) is 0 Å². The minimum Gasteiger partial charge on any atom is -0.384 e. The number of anilines is 1. The van der Waals surface area contributed by atoms with Gasteiger partial charge in [-0.1, -0.05) is 29.3 Å². The average Bonchev–Trinajstić information content (AvgIpc) is 3.02. The Morgan fingerprint density at radius 3 is 2.85 bits per heavy atom. The Bertz CT molecular complexity index is 969. The van der Waals surface area contributed by atoms with Gasteiger partial charge in [-0.05, 0) is 48.4 Å². The lowest BCUT2D eigenvalue weighted by molar-refractivity contribution is -0.109. The Morgan fingerprint density at radius 2 is 2.04 bits per heavy atom.